The first-order chi connectivity index (χ1) is 14.6. The van der Waals surface area contributed by atoms with E-state index in [0.29, 0.717) is 26.2 Å². The zero-order chi connectivity index (χ0) is 21.3. The van der Waals surface area contributed by atoms with E-state index in [0.717, 1.165) is 47.5 Å². The van der Waals surface area contributed by atoms with Crippen LogP contribution in [-0.4, -0.2) is 64.8 Å². The Morgan fingerprint density at radius 1 is 0.900 bits per heavy atom. The standard InChI is InChI=1S/C24H32ClNO4/c25-21-10-8-20(9-11-21)19-6-4-18(5-7-19)17-30-13-3-1-2-12-26-15-24(29)23(28)14-22(26)16-27/h4-11,22-24,27-29H,1-3,12-17H2/t22-,23?,24+/m1/s1. The molecule has 1 heterocycles. The lowest BCUT2D eigenvalue weighted by Gasteiger charge is -2.39. The van der Waals surface area contributed by atoms with E-state index in [1.165, 1.54) is 0 Å². The second-order valence-electron chi connectivity index (χ2n) is 8.02. The van der Waals surface area contributed by atoms with Crippen molar-refractivity contribution in [1.29, 1.82) is 0 Å². The Morgan fingerprint density at radius 3 is 2.23 bits per heavy atom. The Balaban J connectivity index is 1.30. The Kier molecular flexibility index (Phi) is 9.12. The topological polar surface area (TPSA) is 73.2 Å². The van der Waals surface area contributed by atoms with E-state index in [4.69, 9.17) is 16.3 Å². The molecule has 1 unspecified atom stereocenters. The SMILES string of the molecule is OC[C@H]1CC(O)[C@@H](O)CN1CCCCCOCc1ccc(-c2ccc(Cl)cc2)cc1. The molecule has 164 valence electrons. The van der Waals surface area contributed by atoms with Gasteiger partial charge in [0.05, 0.1) is 25.4 Å². The summed E-state index contributed by atoms with van der Waals surface area (Å²) in [5.74, 6) is 0. The molecule has 30 heavy (non-hydrogen) atoms. The minimum atomic E-state index is -0.730. The number of β-amino-alcohol motifs (C(OH)–C–C–N with tert-alkyl or cyclic N) is 1. The molecule has 3 atom stereocenters. The third-order valence-corrected chi connectivity index (χ3v) is 5.99. The summed E-state index contributed by atoms with van der Waals surface area (Å²) in [5.41, 5.74) is 3.46. The summed E-state index contributed by atoms with van der Waals surface area (Å²) in [4.78, 5) is 2.08. The van der Waals surface area contributed by atoms with Crippen LogP contribution in [0.15, 0.2) is 48.5 Å². The monoisotopic (exact) mass is 433 g/mol. The summed E-state index contributed by atoms with van der Waals surface area (Å²) in [6.45, 7) is 2.58. The highest BCUT2D eigenvalue weighted by Crippen LogP contribution is 2.22. The fourth-order valence-electron chi connectivity index (χ4n) is 3.88. The molecule has 0 aromatic heterocycles. The molecule has 3 rings (SSSR count). The first-order valence-corrected chi connectivity index (χ1v) is 11.1. The number of unbranched alkanes of at least 4 members (excludes halogenated alkanes) is 2. The van der Waals surface area contributed by atoms with Crippen LogP contribution in [0, 0.1) is 0 Å². The summed E-state index contributed by atoms with van der Waals surface area (Å²) >= 11 is 5.94. The predicted octanol–water partition coefficient (Wildman–Crippen LogP) is 3.48. The third-order valence-electron chi connectivity index (χ3n) is 5.74. The van der Waals surface area contributed by atoms with Crippen molar-refractivity contribution in [2.24, 2.45) is 0 Å². The summed E-state index contributed by atoms with van der Waals surface area (Å²) in [7, 11) is 0. The van der Waals surface area contributed by atoms with Gasteiger partial charge < -0.3 is 20.1 Å². The fraction of sp³-hybridized carbons (Fsp3) is 0.500. The minimum absolute atomic E-state index is 0.0176. The lowest BCUT2D eigenvalue weighted by molar-refractivity contribution is -0.0711. The molecule has 1 aliphatic rings. The van der Waals surface area contributed by atoms with Crippen LogP contribution in [0.5, 0.6) is 0 Å². The van der Waals surface area contributed by atoms with Crippen molar-refractivity contribution in [1.82, 2.24) is 4.90 Å². The molecular formula is C24H32ClNO4. The maximum atomic E-state index is 9.84. The number of benzene rings is 2. The van der Waals surface area contributed by atoms with Gasteiger partial charge in [-0.3, -0.25) is 4.90 Å². The van der Waals surface area contributed by atoms with Crippen molar-refractivity contribution >= 4 is 11.6 Å². The largest absolute Gasteiger partial charge is 0.395 e. The smallest absolute Gasteiger partial charge is 0.0926 e. The van der Waals surface area contributed by atoms with Gasteiger partial charge in [-0.05, 0) is 61.1 Å². The van der Waals surface area contributed by atoms with E-state index < -0.39 is 12.2 Å². The van der Waals surface area contributed by atoms with E-state index in [2.05, 4.69) is 29.2 Å². The first kappa shape index (κ1) is 23.2. The maximum absolute atomic E-state index is 9.84. The number of nitrogens with zero attached hydrogens (tertiary/aromatic N) is 1. The van der Waals surface area contributed by atoms with E-state index in [1.54, 1.807) is 0 Å². The Bertz CT molecular complexity index is 753. The number of aliphatic hydroxyl groups excluding tert-OH is 3. The van der Waals surface area contributed by atoms with Gasteiger partial charge in [0.25, 0.3) is 0 Å². The molecular weight excluding hydrogens is 402 g/mol. The van der Waals surface area contributed by atoms with E-state index >= 15 is 0 Å². The third kappa shape index (κ3) is 6.77. The van der Waals surface area contributed by atoms with Gasteiger partial charge >= 0.3 is 0 Å². The molecule has 0 amide bonds. The lowest BCUT2D eigenvalue weighted by Crippen LogP contribution is -2.53. The Hall–Kier alpha value is -1.47. The highest BCUT2D eigenvalue weighted by Gasteiger charge is 2.32. The summed E-state index contributed by atoms with van der Waals surface area (Å²) in [6.07, 6.45) is 1.97. The normalized spacial score (nSPS) is 22.3. The number of hydrogen-bond acceptors (Lipinski definition) is 5. The molecule has 1 aliphatic heterocycles. The lowest BCUT2D eigenvalue weighted by atomic mass is 9.97. The number of rotatable bonds is 10. The van der Waals surface area contributed by atoms with E-state index in [1.807, 2.05) is 24.3 Å². The van der Waals surface area contributed by atoms with Gasteiger partial charge in [0.15, 0.2) is 0 Å². The molecule has 6 heteroatoms. The van der Waals surface area contributed by atoms with Crippen molar-refractivity contribution < 1.29 is 20.1 Å². The number of piperidine rings is 1. The van der Waals surface area contributed by atoms with Gasteiger partial charge in [0.2, 0.25) is 0 Å². The van der Waals surface area contributed by atoms with Crippen molar-refractivity contribution in [2.75, 3.05) is 26.3 Å². The van der Waals surface area contributed by atoms with Crippen LogP contribution in [0.25, 0.3) is 11.1 Å². The zero-order valence-corrected chi connectivity index (χ0v) is 18.0. The van der Waals surface area contributed by atoms with Crippen molar-refractivity contribution in [3.8, 4) is 11.1 Å². The maximum Gasteiger partial charge on any atom is 0.0926 e. The summed E-state index contributed by atoms with van der Waals surface area (Å²) < 4.78 is 5.80. The average Bonchev–Trinajstić information content (AvgIpc) is 2.76. The molecule has 0 radical (unpaired) electrons. The van der Waals surface area contributed by atoms with Crippen LogP contribution < -0.4 is 0 Å². The summed E-state index contributed by atoms with van der Waals surface area (Å²) in [5, 5.41) is 29.8. The first-order valence-electron chi connectivity index (χ1n) is 10.7. The average molecular weight is 434 g/mol. The van der Waals surface area contributed by atoms with Crippen molar-refractivity contribution in [2.45, 2.75) is 50.5 Å². The predicted molar refractivity (Wildman–Crippen MR) is 119 cm³/mol. The quantitative estimate of drug-likeness (QED) is 0.500. The fourth-order valence-corrected chi connectivity index (χ4v) is 4.01. The van der Waals surface area contributed by atoms with Crippen LogP contribution in [0.3, 0.4) is 0 Å². The van der Waals surface area contributed by atoms with Crippen LogP contribution in [0.4, 0.5) is 0 Å². The molecule has 2 aromatic rings. The van der Waals surface area contributed by atoms with Crippen LogP contribution in [-0.2, 0) is 11.3 Å². The number of ether oxygens (including phenoxy) is 1. The minimum Gasteiger partial charge on any atom is -0.395 e. The molecule has 0 saturated carbocycles. The molecule has 0 aliphatic carbocycles. The molecule has 2 aromatic carbocycles. The molecule has 0 bridgehead atoms. The zero-order valence-electron chi connectivity index (χ0n) is 17.3. The second kappa shape index (κ2) is 11.8. The molecule has 3 N–H and O–H groups in total. The number of hydrogen-bond donors (Lipinski definition) is 3. The van der Waals surface area contributed by atoms with Crippen LogP contribution >= 0.6 is 11.6 Å². The van der Waals surface area contributed by atoms with Gasteiger partial charge in [-0.25, -0.2) is 0 Å². The number of halogens is 1. The molecule has 5 nitrogen and oxygen atoms in total. The highest BCUT2D eigenvalue weighted by atomic mass is 35.5. The van der Waals surface area contributed by atoms with Crippen LogP contribution in [0.1, 0.15) is 31.2 Å². The number of likely N-dealkylation sites (tertiary alicyclic amines) is 1. The van der Waals surface area contributed by atoms with Gasteiger partial charge in [-0.2, -0.15) is 0 Å². The van der Waals surface area contributed by atoms with E-state index in [-0.39, 0.29) is 12.6 Å². The second-order valence-corrected chi connectivity index (χ2v) is 8.46. The molecule has 1 saturated heterocycles. The van der Waals surface area contributed by atoms with Crippen LogP contribution in [0.2, 0.25) is 5.02 Å². The summed E-state index contributed by atoms with van der Waals surface area (Å²) in [6, 6.07) is 16.2. The number of aliphatic hydroxyl groups is 3. The Morgan fingerprint density at radius 2 is 1.57 bits per heavy atom. The highest BCUT2D eigenvalue weighted by molar-refractivity contribution is 6.30. The van der Waals surface area contributed by atoms with Gasteiger partial charge in [0, 0.05) is 24.2 Å². The van der Waals surface area contributed by atoms with Gasteiger partial charge in [-0.15, -0.1) is 0 Å². The Labute approximate surface area is 183 Å². The van der Waals surface area contributed by atoms with Gasteiger partial charge in [-0.1, -0.05) is 48.0 Å². The van der Waals surface area contributed by atoms with Crippen molar-refractivity contribution in [3.63, 3.8) is 0 Å². The van der Waals surface area contributed by atoms with E-state index in [9.17, 15) is 15.3 Å². The molecule has 0 spiro atoms. The van der Waals surface area contributed by atoms with Crippen molar-refractivity contribution in [3.05, 3.63) is 59.1 Å². The van der Waals surface area contributed by atoms with Gasteiger partial charge in [0.1, 0.15) is 0 Å². The molecule has 1 fully saturated rings.